The van der Waals surface area contributed by atoms with Crippen LogP contribution in [0.5, 0.6) is 0 Å². The number of amides is 3. The van der Waals surface area contributed by atoms with Crippen LogP contribution < -0.4 is 16.0 Å². The number of carbonyl (C=O) groups is 3. The zero-order chi connectivity index (χ0) is 17.9. The van der Waals surface area contributed by atoms with Crippen molar-refractivity contribution in [1.29, 1.82) is 0 Å². The lowest BCUT2D eigenvalue weighted by Crippen LogP contribution is -2.42. The number of anilines is 3. The van der Waals surface area contributed by atoms with Gasteiger partial charge in [0.05, 0.1) is 15.7 Å². The maximum Gasteiger partial charge on any atom is 0.323 e. The highest BCUT2D eigenvalue weighted by Crippen LogP contribution is 2.25. The largest absolute Gasteiger partial charge is 0.399 e. The molecule has 0 aliphatic rings. The molecule has 2 aromatic rings. The van der Waals surface area contributed by atoms with E-state index in [1.54, 1.807) is 12.1 Å². The van der Waals surface area contributed by atoms with Crippen LogP contribution >= 0.6 is 23.2 Å². The number of nitrogens with zero attached hydrogens (tertiary/aromatic N) is 1. The first kappa shape index (κ1) is 17.8. The van der Waals surface area contributed by atoms with Crippen molar-refractivity contribution < 1.29 is 14.4 Å². The third-order valence-corrected chi connectivity index (χ3v) is 3.76. The van der Waals surface area contributed by atoms with Crippen LogP contribution in [-0.2, 0) is 14.4 Å². The van der Waals surface area contributed by atoms with Gasteiger partial charge >= 0.3 is 11.8 Å². The predicted molar refractivity (Wildman–Crippen MR) is 94.1 cm³/mol. The van der Waals surface area contributed by atoms with E-state index in [4.69, 9.17) is 28.9 Å². The lowest BCUT2D eigenvalue weighted by atomic mass is 10.2. The Morgan fingerprint density at radius 3 is 2.33 bits per heavy atom. The molecule has 0 aliphatic heterocycles. The molecular formula is C16H13Cl2N3O3. The van der Waals surface area contributed by atoms with E-state index in [1.807, 2.05) is 0 Å². The van der Waals surface area contributed by atoms with Crippen molar-refractivity contribution in [3.8, 4) is 0 Å². The molecule has 6 nitrogen and oxygen atoms in total. The van der Waals surface area contributed by atoms with Gasteiger partial charge in [-0.3, -0.25) is 14.4 Å². The number of nitrogens with one attached hydrogen (secondary N) is 1. The van der Waals surface area contributed by atoms with Gasteiger partial charge in [-0.1, -0.05) is 29.3 Å². The fraction of sp³-hybridized carbons (Fsp3) is 0.0625. The van der Waals surface area contributed by atoms with Gasteiger partial charge in [-0.05, 0) is 36.4 Å². The summed E-state index contributed by atoms with van der Waals surface area (Å²) in [5.41, 5.74) is 6.49. The van der Waals surface area contributed by atoms with Crippen LogP contribution in [0.15, 0.2) is 42.5 Å². The molecule has 0 atom stereocenters. The summed E-state index contributed by atoms with van der Waals surface area (Å²) in [6.07, 6.45) is 0. The predicted octanol–water partition coefficient (Wildman–Crippen LogP) is 3.09. The second-order valence-corrected chi connectivity index (χ2v) is 5.65. The molecule has 0 unspecified atom stereocenters. The lowest BCUT2D eigenvalue weighted by molar-refractivity contribution is -0.136. The van der Waals surface area contributed by atoms with E-state index in [-0.39, 0.29) is 16.4 Å². The summed E-state index contributed by atoms with van der Waals surface area (Å²) in [6, 6.07) is 10.5. The molecule has 0 fully saturated rings. The molecule has 0 aromatic heterocycles. The van der Waals surface area contributed by atoms with Crippen molar-refractivity contribution in [2.24, 2.45) is 0 Å². The quantitative estimate of drug-likeness (QED) is 0.631. The summed E-state index contributed by atoms with van der Waals surface area (Å²) in [7, 11) is 0. The number of halogens is 2. The Hall–Kier alpha value is -2.57. The van der Waals surface area contributed by atoms with Gasteiger partial charge in [0.15, 0.2) is 0 Å². The minimum absolute atomic E-state index is 0.205. The van der Waals surface area contributed by atoms with E-state index in [0.29, 0.717) is 10.7 Å². The second-order valence-electron chi connectivity index (χ2n) is 4.84. The fourth-order valence-corrected chi connectivity index (χ4v) is 2.26. The monoisotopic (exact) mass is 365 g/mol. The van der Waals surface area contributed by atoms with Crippen molar-refractivity contribution in [3.63, 3.8) is 0 Å². The van der Waals surface area contributed by atoms with Gasteiger partial charge in [0.1, 0.15) is 0 Å². The summed E-state index contributed by atoms with van der Waals surface area (Å²) in [6.45, 7) is 1.17. The minimum Gasteiger partial charge on any atom is -0.399 e. The Kier molecular flexibility index (Phi) is 5.43. The number of benzene rings is 2. The summed E-state index contributed by atoms with van der Waals surface area (Å²) < 4.78 is 0. The number of hydrogen-bond donors (Lipinski definition) is 2. The van der Waals surface area contributed by atoms with E-state index < -0.39 is 17.7 Å². The molecule has 0 aliphatic carbocycles. The van der Waals surface area contributed by atoms with Crippen LogP contribution in [0, 0.1) is 0 Å². The second kappa shape index (κ2) is 7.33. The van der Waals surface area contributed by atoms with E-state index in [9.17, 15) is 14.4 Å². The first-order chi connectivity index (χ1) is 11.3. The Morgan fingerprint density at radius 2 is 1.75 bits per heavy atom. The first-order valence-corrected chi connectivity index (χ1v) is 7.52. The highest BCUT2D eigenvalue weighted by atomic mass is 35.5. The van der Waals surface area contributed by atoms with E-state index in [2.05, 4.69) is 5.32 Å². The number of imide groups is 1. The molecule has 0 saturated heterocycles. The lowest BCUT2D eigenvalue weighted by Gasteiger charge is -2.19. The van der Waals surface area contributed by atoms with Gasteiger partial charge in [0.25, 0.3) is 0 Å². The maximum absolute atomic E-state index is 12.3. The van der Waals surface area contributed by atoms with Crippen LogP contribution in [0.25, 0.3) is 0 Å². The fourth-order valence-electron chi connectivity index (χ4n) is 1.97. The van der Waals surface area contributed by atoms with Gasteiger partial charge in [-0.15, -0.1) is 0 Å². The van der Waals surface area contributed by atoms with Gasteiger partial charge in [0, 0.05) is 18.3 Å². The molecule has 124 valence electrons. The molecule has 2 aromatic carbocycles. The third-order valence-electron chi connectivity index (χ3n) is 3.02. The molecule has 3 N–H and O–H groups in total. The maximum atomic E-state index is 12.3. The van der Waals surface area contributed by atoms with Crippen LogP contribution in [0.1, 0.15) is 6.92 Å². The number of nitrogen functional groups attached to an aromatic ring is 1. The van der Waals surface area contributed by atoms with Crippen LogP contribution in [0.4, 0.5) is 17.1 Å². The van der Waals surface area contributed by atoms with Crippen LogP contribution in [0.3, 0.4) is 0 Å². The molecule has 3 amide bonds. The standard InChI is InChI=1S/C16H13Cl2N3O3/c1-9(22)21(12-4-2-3-10(19)7-12)16(24)15(23)20-11-5-6-13(17)14(18)8-11/h2-8H,19H2,1H3,(H,20,23). The van der Waals surface area contributed by atoms with Crippen molar-refractivity contribution in [1.82, 2.24) is 0 Å². The molecule has 24 heavy (non-hydrogen) atoms. The number of carbonyl (C=O) groups excluding carboxylic acids is 3. The molecule has 0 radical (unpaired) electrons. The number of hydrogen-bond acceptors (Lipinski definition) is 4. The Bertz CT molecular complexity index is 824. The van der Waals surface area contributed by atoms with E-state index in [0.717, 1.165) is 4.90 Å². The molecule has 0 heterocycles. The van der Waals surface area contributed by atoms with Crippen LogP contribution in [0.2, 0.25) is 10.0 Å². The zero-order valence-corrected chi connectivity index (χ0v) is 14.1. The average Bonchev–Trinajstić information content (AvgIpc) is 2.50. The van der Waals surface area contributed by atoms with Gasteiger partial charge in [-0.2, -0.15) is 0 Å². The molecule has 0 saturated carbocycles. The van der Waals surface area contributed by atoms with Crippen LogP contribution in [-0.4, -0.2) is 17.7 Å². The highest BCUT2D eigenvalue weighted by Gasteiger charge is 2.27. The smallest absolute Gasteiger partial charge is 0.323 e. The summed E-state index contributed by atoms with van der Waals surface area (Å²) in [5, 5.41) is 2.91. The van der Waals surface area contributed by atoms with Gasteiger partial charge in [0.2, 0.25) is 5.91 Å². The summed E-state index contributed by atoms with van der Waals surface area (Å²) in [4.78, 5) is 37.0. The van der Waals surface area contributed by atoms with Gasteiger partial charge < -0.3 is 11.1 Å². The SMILES string of the molecule is CC(=O)N(C(=O)C(=O)Nc1ccc(Cl)c(Cl)c1)c1cccc(N)c1. The van der Waals surface area contributed by atoms with Gasteiger partial charge in [-0.25, -0.2) is 4.90 Å². The molecule has 0 bridgehead atoms. The van der Waals surface area contributed by atoms with Crippen molar-refractivity contribution >= 4 is 58.0 Å². The normalized spacial score (nSPS) is 10.1. The number of nitrogens with two attached hydrogens (primary N) is 1. The molecule has 0 spiro atoms. The Balaban J connectivity index is 2.24. The first-order valence-electron chi connectivity index (χ1n) is 6.76. The van der Waals surface area contributed by atoms with E-state index >= 15 is 0 Å². The summed E-state index contributed by atoms with van der Waals surface area (Å²) in [5.74, 6) is -2.65. The van der Waals surface area contributed by atoms with Crippen molar-refractivity contribution in [2.75, 3.05) is 16.0 Å². The molecule has 2 rings (SSSR count). The van der Waals surface area contributed by atoms with E-state index in [1.165, 1.54) is 37.3 Å². The summed E-state index contributed by atoms with van der Waals surface area (Å²) >= 11 is 11.6. The molecular weight excluding hydrogens is 353 g/mol. The van der Waals surface area contributed by atoms with Crippen molar-refractivity contribution in [2.45, 2.75) is 6.92 Å². The number of rotatable bonds is 2. The Morgan fingerprint density at radius 1 is 1.04 bits per heavy atom. The minimum atomic E-state index is -1.04. The average molecular weight is 366 g/mol. The molecule has 8 heteroatoms. The Labute approximate surface area is 148 Å². The topological polar surface area (TPSA) is 92.5 Å². The zero-order valence-electron chi connectivity index (χ0n) is 12.5. The van der Waals surface area contributed by atoms with Crippen molar-refractivity contribution in [3.05, 3.63) is 52.5 Å². The highest BCUT2D eigenvalue weighted by molar-refractivity contribution is 6.48. The third kappa shape index (κ3) is 4.04.